The van der Waals surface area contributed by atoms with Crippen LogP contribution in [0, 0.1) is 6.10 Å². The Morgan fingerprint density at radius 1 is 1.50 bits per heavy atom. The van der Waals surface area contributed by atoms with Gasteiger partial charge in [0.15, 0.2) is 0 Å². The van der Waals surface area contributed by atoms with Crippen molar-refractivity contribution in [2.75, 3.05) is 0 Å². The molecule has 0 bridgehead atoms. The highest BCUT2D eigenvalue weighted by molar-refractivity contribution is 5.08. The zero-order valence-electron chi connectivity index (χ0n) is 4.41. The molecule has 1 heterocycles. The second-order valence-electron chi connectivity index (χ2n) is 2.17. The lowest BCUT2D eigenvalue weighted by molar-refractivity contribution is 0.344. The van der Waals surface area contributed by atoms with Gasteiger partial charge in [0.2, 0.25) is 0 Å². The van der Waals surface area contributed by atoms with Crippen molar-refractivity contribution in [1.29, 1.82) is 0 Å². The topological polar surface area (TPSA) is 12.5 Å². The molecule has 0 N–H and O–H groups in total. The summed E-state index contributed by atoms with van der Waals surface area (Å²) >= 11 is 0. The SMILES string of the molecule is C[C]1OC1(C)C. The van der Waals surface area contributed by atoms with Crippen LogP contribution in [0.15, 0.2) is 0 Å². The van der Waals surface area contributed by atoms with Crippen LogP contribution < -0.4 is 0 Å². The summed E-state index contributed by atoms with van der Waals surface area (Å²) in [6.45, 7) is 6.12. The van der Waals surface area contributed by atoms with Gasteiger partial charge in [-0.1, -0.05) is 0 Å². The summed E-state index contributed by atoms with van der Waals surface area (Å²) in [7, 11) is 0. The smallest absolute Gasteiger partial charge is 0.126 e. The van der Waals surface area contributed by atoms with Crippen LogP contribution in [-0.4, -0.2) is 5.60 Å². The van der Waals surface area contributed by atoms with Gasteiger partial charge in [0.05, 0.1) is 5.60 Å². The first-order chi connectivity index (χ1) is 2.63. The van der Waals surface area contributed by atoms with Crippen LogP contribution in [-0.2, 0) is 4.74 Å². The molecule has 1 saturated heterocycles. The van der Waals surface area contributed by atoms with Crippen LogP contribution in [0.3, 0.4) is 0 Å². The molecular formula is C5H9O. The second kappa shape index (κ2) is 0.784. The summed E-state index contributed by atoms with van der Waals surface area (Å²) in [5, 5.41) is 0. The van der Waals surface area contributed by atoms with Gasteiger partial charge in [-0.25, -0.2) is 0 Å². The minimum absolute atomic E-state index is 0.125. The molecule has 35 valence electrons. The first kappa shape index (κ1) is 4.13. The Morgan fingerprint density at radius 3 is 1.67 bits per heavy atom. The van der Waals surface area contributed by atoms with E-state index in [-0.39, 0.29) is 5.60 Å². The molecule has 0 unspecified atom stereocenters. The summed E-state index contributed by atoms with van der Waals surface area (Å²) < 4.78 is 5.02. The predicted molar refractivity (Wildman–Crippen MR) is 24.1 cm³/mol. The lowest BCUT2D eigenvalue weighted by Crippen LogP contribution is -1.92. The van der Waals surface area contributed by atoms with Gasteiger partial charge in [0, 0.05) is 0 Å². The minimum atomic E-state index is 0.125. The van der Waals surface area contributed by atoms with E-state index in [2.05, 4.69) is 13.8 Å². The Bertz CT molecular complexity index is 66.3. The van der Waals surface area contributed by atoms with Gasteiger partial charge in [-0.05, 0) is 20.8 Å². The largest absolute Gasteiger partial charge is 0.360 e. The summed E-state index contributed by atoms with van der Waals surface area (Å²) in [5.74, 6) is 0. The first-order valence-electron chi connectivity index (χ1n) is 2.16. The fourth-order valence-electron chi connectivity index (χ4n) is 0.357. The van der Waals surface area contributed by atoms with E-state index in [0.29, 0.717) is 0 Å². The highest BCUT2D eigenvalue weighted by Crippen LogP contribution is 2.41. The van der Waals surface area contributed by atoms with Gasteiger partial charge in [-0.2, -0.15) is 0 Å². The van der Waals surface area contributed by atoms with Crippen LogP contribution in [0.2, 0.25) is 0 Å². The van der Waals surface area contributed by atoms with Gasteiger partial charge < -0.3 is 4.74 Å². The molecule has 0 amide bonds. The quantitative estimate of drug-likeness (QED) is 0.404. The van der Waals surface area contributed by atoms with E-state index in [9.17, 15) is 0 Å². The standard InChI is InChI=1S/C5H9O/c1-4-5(2,3)6-4/h1-3H3. The maximum absolute atomic E-state index is 5.02. The normalized spacial score (nSPS) is 30.5. The molecule has 1 aliphatic heterocycles. The van der Waals surface area contributed by atoms with Gasteiger partial charge in [0.1, 0.15) is 6.10 Å². The molecule has 0 aliphatic carbocycles. The number of hydrogen-bond donors (Lipinski definition) is 0. The monoisotopic (exact) mass is 85.1 g/mol. The Labute approximate surface area is 38.3 Å². The van der Waals surface area contributed by atoms with Crippen molar-refractivity contribution >= 4 is 0 Å². The van der Waals surface area contributed by atoms with Crippen LogP contribution in [0.4, 0.5) is 0 Å². The van der Waals surface area contributed by atoms with E-state index in [1.807, 2.05) is 6.92 Å². The van der Waals surface area contributed by atoms with Crippen molar-refractivity contribution in [3.05, 3.63) is 6.10 Å². The lowest BCUT2D eigenvalue weighted by Gasteiger charge is -1.83. The highest BCUT2D eigenvalue weighted by Gasteiger charge is 2.44. The maximum atomic E-state index is 5.02. The van der Waals surface area contributed by atoms with Crippen LogP contribution in [0.5, 0.6) is 0 Å². The van der Waals surface area contributed by atoms with E-state index >= 15 is 0 Å². The fraction of sp³-hybridized carbons (Fsp3) is 0.800. The molecule has 1 heteroatoms. The number of ether oxygens (including phenoxy) is 1. The Hall–Kier alpha value is -0.0400. The predicted octanol–water partition coefficient (Wildman–Crippen LogP) is 1.35. The van der Waals surface area contributed by atoms with Crippen molar-refractivity contribution in [3.8, 4) is 0 Å². The zero-order chi connectivity index (χ0) is 4.78. The lowest BCUT2D eigenvalue weighted by atomic mass is 10.2. The van der Waals surface area contributed by atoms with Crippen molar-refractivity contribution in [2.24, 2.45) is 0 Å². The molecule has 0 aromatic rings. The van der Waals surface area contributed by atoms with Crippen molar-refractivity contribution in [2.45, 2.75) is 26.4 Å². The third-order valence-corrected chi connectivity index (χ3v) is 1.21. The van der Waals surface area contributed by atoms with Gasteiger partial charge >= 0.3 is 0 Å². The average Bonchev–Trinajstić information content (AvgIpc) is 1.73. The van der Waals surface area contributed by atoms with E-state index in [0.717, 1.165) is 6.10 Å². The number of epoxide rings is 1. The number of rotatable bonds is 0. The van der Waals surface area contributed by atoms with Crippen molar-refractivity contribution < 1.29 is 4.74 Å². The molecular weight excluding hydrogens is 76.1 g/mol. The maximum Gasteiger partial charge on any atom is 0.126 e. The average molecular weight is 85.1 g/mol. The Balaban J connectivity index is 2.41. The molecule has 0 aromatic heterocycles. The van der Waals surface area contributed by atoms with Crippen molar-refractivity contribution in [3.63, 3.8) is 0 Å². The first-order valence-corrected chi connectivity index (χ1v) is 2.16. The Morgan fingerprint density at radius 2 is 1.67 bits per heavy atom. The molecule has 0 spiro atoms. The van der Waals surface area contributed by atoms with Gasteiger partial charge in [0.25, 0.3) is 0 Å². The van der Waals surface area contributed by atoms with E-state index in [4.69, 9.17) is 4.74 Å². The molecule has 1 rings (SSSR count). The van der Waals surface area contributed by atoms with Crippen molar-refractivity contribution in [1.82, 2.24) is 0 Å². The molecule has 1 nitrogen and oxygen atoms in total. The summed E-state index contributed by atoms with van der Waals surface area (Å²) in [4.78, 5) is 0. The second-order valence-corrected chi connectivity index (χ2v) is 2.17. The molecule has 1 fully saturated rings. The third kappa shape index (κ3) is 0.432. The molecule has 6 heavy (non-hydrogen) atoms. The van der Waals surface area contributed by atoms with Crippen LogP contribution >= 0.6 is 0 Å². The summed E-state index contributed by atoms with van der Waals surface area (Å²) in [6.07, 6.45) is 1.16. The summed E-state index contributed by atoms with van der Waals surface area (Å²) in [6, 6.07) is 0. The third-order valence-electron chi connectivity index (χ3n) is 1.21. The molecule has 0 atom stereocenters. The van der Waals surface area contributed by atoms with E-state index < -0.39 is 0 Å². The fourth-order valence-corrected chi connectivity index (χ4v) is 0.357. The van der Waals surface area contributed by atoms with Crippen LogP contribution in [0.25, 0.3) is 0 Å². The molecule has 0 saturated carbocycles. The van der Waals surface area contributed by atoms with Crippen LogP contribution in [0.1, 0.15) is 20.8 Å². The minimum Gasteiger partial charge on any atom is -0.360 e. The zero-order valence-corrected chi connectivity index (χ0v) is 4.41. The highest BCUT2D eigenvalue weighted by atomic mass is 16.6. The van der Waals surface area contributed by atoms with E-state index in [1.165, 1.54) is 0 Å². The van der Waals surface area contributed by atoms with E-state index in [1.54, 1.807) is 0 Å². The number of hydrogen-bond acceptors (Lipinski definition) is 1. The molecule has 0 aromatic carbocycles. The van der Waals surface area contributed by atoms with Gasteiger partial charge in [-0.3, -0.25) is 0 Å². The Kier molecular flexibility index (Phi) is 0.539. The summed E-state index contributed by atoms with van der Waals surface area (Å²) in [5.41, 5.74) is 0.125. The molecule has 1 aliphatic rings. The molecule has 1 radical (unpaired) electrons. The van der Waals surface area contributed by atoms with Gasteiger partial charge in [-0.15, -0.1) is 0 Å².